The summed E-state index contributed by atoms with van der Waals surface area (Å²) in [6.45, 7) is 4.20. The van der Waals surface area contributed by atoms with E-state index < -0.39 is 17.3 Å². The molecule has 0 fully saturated rings. The summed E-state index contributed by atoms with van der Waals surface area (Å²) < 4.78 is 8.16. The number of nitrogens with zero attached hydrogens (tertiary/aromatic N) is 3. The van der Waals surface area contributed by atoms with Crippen LogP contribution in [0, 0.1) is 5.41 Å². The van der Waals surface area contributed by atoms with Crippen LogP contribution in [0.1, 0.15) is 41.3 Å². The van der Waals surface area contributed by atoms with Crippen molar-refractivity contribution >= 4 is 33.8 Å². The molecule has 0 saturated carbocycles. The van der Waals surface area contributed by atoms with Crippen LogP contribution in [-0.2, 0) is 24.4 Å². The molecule has 2 aromatic heterocycles. The van der Waals surface area contributed by atoms with Gasteiger partial charge >= 0.3 is 5.97 Å². The number of hydrogen-bond donors (Lipinski definition) is 2. The van der Waals surface area contributed by atoms with E-state index in [1.165, 1.54) is 0 Å². The third kappa shape index (κ3) is 5.87. The maximum Gasteiger partial charge on any atom is 0.309 e. The van der Waals surface area contributed by atoms with Gasteiger partial charge in [-0.05, 0) is 60.9 Å². The minimum Gasteiger partial charge on any atom is -0.487 e. The molecule has 44 heavy (non-hydrogen) atoms. The van der Waals surface area contributed by atoms with Gasteiger partial charge in [-0.1, -0.05) is 66.7 Å². The molecule has 0 aliphatic carbocycles. The summed E-state index contributed by atoms with van der Waals surface area (Å²) in [5.74, 6) is -0.0416. The van der Waals surface area contributed by atoms with Gasteiger partial charge in [0.2, 0.25) is 5.91 Å². The highest BCUT2D eigenvalue weighted by Gasteiger charge is 2.30. The molecule has 220 valence electrons. The molecule has 8 heteroatoms. The highest BCUT2D eigenvalue weighted by molar-refractivity contribution is 5.99. The Morgan fingerprint density at radius 1 is 0.864 bits per heavy atom. The standard InChI is InChI=1S/C36H32N4O4/c1-36(2,35(42)43)20-33-39-31-19-27(44-22-26-16-15-25-7-3-6-10-30(25)38-26)17-18-32(31)40(33)21-23-11-13-24(14-12-23)28-8-4-5-9-29(28)34(37)41/h3-19H,20-22H2,1-2H3,(H2,37,41)(H,42,43). The zero-order chi connectivity index (χ0) is 30.8. The lowest BCUT2D eigenvalue weighted by atomic mass is 9.89. The van der Waals surface area contributed by atoms with Gasteiger partial charge in [0.05, 0.1) is 27.7 Å². The summed E-state index contributed by atoms with van der Waals surface area (Å²) in [6, 6.07) is 32.9. The number of pyridine rings is 1. The van der Waals surface area contributed by atoms with Gasteiger partial charge in [0.25, 0.3) is 0 Å². The van der Waals surface area contributed by atoms with Gasteiger partial charge in [0.1, 0.15) is 18.2 Å². The number of hydrogen-bond acceptors (Lipinski definition) is 5. The minimum atomic E-state index is -1.01. The Morgan fingerprint density at radius 3 is 2.39 bits per heavy atom. The van der Waals surface area contributed by atoms with Gasteiger partial charge in [-0.2, -0.15) is 0 Å². The number of fused-ring (bicyclic) bond motifs is 2. The second-order valence-electron chi connectivity index (χ2n) is 11.5. The van der Waals surface area contributed by atoms with Crippen LogP contribution in [0.5, 0.6) is 5.75 Å². The fourth-order valence-electron chi connectivity index (χ4n) is 5.30. The monoisotopic (exact) mass is 584 g/mol. The second kappa shape index (κ2) is 11.6. The number of primary amides is 1. The molecule has 0 bridgehead atoms. The lowest BCUT2D eigenvalue weighted by molar-refractivity contribution is -0.146. The molecule has 0 saturated heterocycles. The van der Waals surface area contributed by atoms with Gasteiger partial charge in [0.15, 0.2) is 0 Å². The van der Waals surface area contributed by atoms with E-state index in [4.69, 9.17) is 20.4 Å². The van der Waals surface area contributed by atoms with Crippen molar-refractivity contribution in [1.82, 2.24) is 14.5 Å². The number of imidazole rings is 1. The van der Waals surface area contributed by atoms with Crippen LogP contribution in [0.4, 0.5) is 0 Å². The number of aliphatic carboxylic acids is 1. The van der Waals surface area contributed by atoms with Gasteiger partial charge in [-0.25, -0.2) is 9.97 Å². The molecule has 0 aliphatic rings. The zero-order valence-electron chi connectivity index (χ0n) is 24.5. The van der Waals surface area contributed by atoms with Crippen LogP contribution >= 0.6 is 0 Å². The number of ether oxygens (including phenoxy) is 1. The SMILES string of the molecule is CC(C)(Cc1nc2cc(OCc3ccc4ccccc4n3)ccc2n1Cc1ccc(-c2ccccc2C(N)=O)cc1)C(=O)O. The fraction of sp³-hybridized carbons (Fsp3) is 0.167. The third-order valence-electron chi connectivity index (χ3n) is 7.82. The topological polar surface area (TPSA) is 120 Å². The van der Waals surface area contributed by atoms with E-state index in [1.807, 2.05) is 91.0 Å². The molecule has 6 aromatic rings. The van der Waals surface area contributed by atoms with Gasteiger partial charge in [-0.3, -0.25) is 9.59 Å². The summed E-state index contributed by atoms with van der Waals surface area (Å²) in [6.07, 6.45) is 0.248. The quantitative estimate of drug-likeness (QED) is 0.186. The Bertz CT molecular complexity index is 2010. The highest BCUT2D eigenvalue weighted by atomic mass is 16.5. The number of benzene rings is 4. The summed E-state index contributed by atoms with van der Waals surface area (Å²) >= 11 is 0. The third-order valence-corrected chi connectivity index (χ3v) is 7.82. The number of carboxylic acid groups (broad SMARTS) is 1. The second-order valence-corrected chi connectivity index (χ2v) is 11.5. The van der Waals surface area contributed by atoms with Crippen LogP contribution in [0.3, 0.4) is 0 Å². The first-order valence-corrected chi connectivity index (χ1v) is 14.4. The first-order valence-electron chi connectivity index (χ1n) is 14.4. The molecule has 2 heterocycles. The smallest absolute Gasteiger partial charge is 0.309 e. The van der Waals surface area contributed by atoms with Gasteiger partial charge in [-0.15, -0.1) is 0 Å². The fourth-order valence-corrected chi connectivity index (χ4v) is 5.30. The van der Waals surface area contributed by atoms with Crippen molar-refractivity contribution in [1.29, 1.82) is 0 Å². The van der Waals surface area contributed by atoms with E-state index in [2.05, 4.69) is 4.57 Å². The summed E-state index contributed by atoms with van der Waals surface area (Å²) in [4.78, 5) is 33.5. The normalized spacial score (nSPS) is 11.6. The minimum absolute atomic E-state index is 0.248. The Labute approximate surface area is 254 Å². The number of carboxylic acids is 1. The van der Waals surface area contributed by atoms with E-state index in [0.29, 0.717) is 30.3 Å². The molecule has 4 aromatic carbocycles. The van der Waals surface area contributed by atoms with Crippen molar-refractivity contribution in [2.75, 3.05) is 0 Å². The van der Waals surface area contributed by atoms with Crippen molar-refractivity contribution < 1.29 is 19.4 Å². The molecule has 0 unspecified atom stereocenters. The van der Waals surface area contributed by atoms with E-state index >= 15 is 0 Å². The summed E-state index contributed by atoms with van der Waals surface area (Å²) in [5, 5.41) is 10.9. The molecular formula is C36H32N4O4. The molecular weight excluding hydrogens is 552 g/mol. The predicted molar refractivity (Wildman–Crippen MR) is 170 cm³/mol. The zero-order valence-corrected chi connectivity index (χ0v) is 24.5. The Morgan fingerprint density at radius 2 is 1.61 bits per heavy atom. The number of nitrogens with two attached hydrogens (primary N) is 1. The lowest BCUT2D eigenvalue weighted by Gasteiger charge is -2.19. The average Bonchev–Trinajstić information content (AvgIpc) is 3.35. The van der Waals surface area contributed by atoms with Gasteiger partial charge in [0, 0.05) is 30.0 Å². The first kappa shape index (κ1) is 28.6. The number of aromatic nitrogens is 3. The van der Waals surface area contributed by atoms with E-state index in [0.717, 1.165) is 44.3 Å². The Kier molecular flexibility index (Phi) is 7.57. The Balaban J connectivity index is 1.29. The van der Waals surface area contributed by atoms with E-state index in [9.17, 15) is 14.7 Å². The number of rotatable bonds is 10. The van der Waals surface area contributed by atoms with Crippen LogP contribution in [0.15, 0.2) is 103 Å². The molecule has 0 spiro atoms. The van der Waals surface area contributed by atoms with E-state index in [-0.39, 0.29) is 6.42 Å². The number of carbonyl (C=O) groups excluding carboxylic acids is 1. The first-order chi connectivity index (χ1) is 21.2. The van der Waals surface area contributed by atoms with Crippen LogP contribution in [0.2, 0.25) is 0 Å². The maximum atomic E-state index is 12.0. The largest absolute Gasteiger partial charge is 0.487 e. The van der Waals surface area contributed by atoms with Crippen molar-refractivity contribution in [3.05, 3.63) is 126 Å². The maximum absolute atomic E-state index is 12.0. The summed E-state index contributed by atoms with van der Waals surface area (Å²) in [5.41, 5.74) is 11.0. The van der Waals surface area contributed by atoms with Crippen molar-refractivity contribution in [2.45, 2.75) is 33.4 Å². The summed E-state index contributed by atoms with van der Waals surface area (Å²) in [7, 11) is 0. The van der Waals surface area contributed by atoms with E-state index in [1.54, 1.807) is 26.0 Å². The molecule has 6 rings (SSSR count). The highest BCUT2D eigenvalue weighted by Crippen LogP contribution is 2.29. The van der Waals surface area contributed by atoms with Crippen LogP contribution in [0.25, 0.3) is 33.1 Å². The molecule has 1 amide bonds. The number of carbonyl (C=O) groups is 2. The van der Waals surface area contributed by atoms with Crippen molar-refractivity contribution in [2.24, 2.45) is 11.1 Å². The van der Waals surface area contributed by atoms with Crippen molar-refractivity contribution in [3.8, 4) is 16.9 Å². The molecule has 8 nitrogen and oxygen atoms in total. The van der Waals surface area contributed by atoms with Gasteiger partial charge < -0.3 is 20.1 Å². The predicted octanol–water partition coefficient (Wildman–Crippen LogP) is 6.63. The van der Waals surface area contributed by atoms with Crippen LogP contribution in [-0.4, -0.2) is 31.5 Å². The van der Waals surface area contributed by atoms with Crippen molar-refractivity contribution in [3.63, 3.8) is 0 Å². The molecule has 0 atom stereocenters. The molecule has 0 radical (unpaired) electrons. The average molecular weight is 585 g/mol. The molecule has 3 N–H and O–H groups in total. The lowest BCUT2D eigenvalue weighted by Crippen LogP contribution is -2.27. The van der Waals surface area contributed by atoms with Crippen LogP contribution < -0.4 is 10.5 Å². The molecule has 0 aliphatic heterocycles. The number of amides is 1. The Hall–Kier alpha value is -5.50. The number of para-hydroxylation sites is 1.